The number of hydrogen-bond donors (Lipinski definition) is 0. The van der Waals surface area contributed by atoms with E-state index in [1.54, 1.807) is 7.11 Å². The van der Waals surface area contributed by atoms with Crippen molar-refractivity contribution in [2.45, 2.75) is 46.4 Å². The number of aromatic nitrogens is 2. The zero-order valence-electron chi connectivity index (χ0n) is 14.4. The highest BCUT2D eigenvalue weighted by atomic mass is 32.1. The number of ether oxygens (including phenoxy) is 1. The first kappa shape index (κ1) is 16.7. The lowest BCUT2D eigenvalue weighted by molar-refractivity contribution is 0.148. The minimum Gasteiger partial charge on any atom is -0.377 e. The fourth-order valence-corrected chi connectivity index (χ4v) is 4.43. The summed E-state index contributed by atoms with van der Waals surface area (Å²) in [5.41, 5.74) is 1.24. The Bertz CT molecular complexity index is 634. The number of aryl methyl sites for hydroxylation is 2. The summed E-state index contributed by atoms with van der Waals surface area (Å²) in [5.74, 6) is 1.75. The van der Waals surface area contributed by atoms with Crippen LogP contribution in [0.25, 0.3) is 0 Å². The molecule has 0 aliphatic carbocycles. The number of thiophene rings is 1. The van der Waals surface area contributed by atoms with Crippen LogP contribution in [0.2, 0.25) is 0 Å². The molecule has 1 aliphatic heterocycles. The summed E-state index contributed by atoms with van der Waals surface area (Å²) in [5, 5.41) is 0. The van der Waals surface area contributed by atoms with Gasteiger partial charge in [0.2, 0.25) is 0 Å². The number of piperidine rings is 1. The van der Waals surface area contributed by atoms with Crippen molar-refractivity contribution >= 4 is 11.3 Å². The van der Waals surface area contributed by atoms with Gasteiger partial charge in [-0.25, -0.2) is 4.98 Å². The van der Waals surface area contributed by atoms with Crippen molar-refractivity contribution in [2.75, 3.05) is 20.2 Å². The Morgan fingerprint density at radius 1 is 1.35 bits per heavy atom. The number of hydrogen-bond acceptors (Lipinski definition) is 4. The van der Waals surface area contributed by atoms with Crippen LogP contribution < -0.4 is 0 Å². The van der Waals surface area contributed by atoms with E-state index < -0.39 is 0 Å². The number of methoxy groups -OCH3 is 1. The van der Waals surface area contributed by atoms with E-state index in [-0.39, 0.29) is 0 Å². The molecule has 0 amide bonds. The smallest absolute Gasteiger partial charge is 0.134 e. The van der Waals surface area contributed by atoms with E-state index in [1.807, 2.05) is 17.5 Å². The highest BCUT2D eigenvalue weighted by Crippen LogP contribution is 2.24. The van der Waals surface area contributed by atoms with Crippen molar-refractivity contribution < 1.29 is 4.74 Å². The molecule has 1 saturated heterocycles. The average Bonchev–Trinajstić information content (AvgIpc) is 3.08. The molecular weight excluding hydrogens is 306 g/mol. The molecule has 3 heterocycles. The third kappa shape index (κ3) is 4.22. The molecule has 1 atom stereocenters. The standard InChI is InChI=1S/C18H27N3OS/c1-14-9-19-18(13-22-3)21(14)11-16-5-4-8-20(10-16)12-17-7-6-15(2)23-17/h6-7,9,16H,4-5,8,10-13H2,1-3H3. The van der Waals surface area contributed by atoms with Crippen LogP contribution in [0.15, 0.2) is 18.3 Å². The molecule has 0 spiro atoms. The van der Waals surface area contributed by atoms with Gasteiger partial charge in [-0.3, -0.25) is 4.90 Å². The van der Waals surface area contributed by atoms with Gasteiger partial charge in [-0.15, -0.1) is 11.3 Å². The molecule has 1 unspecified atom stereocenters. The van der Waals surface area contributed by atoms with Crippen LogP contribution in [0.4, 0.5) is 0 Å². The minimum absolute atomic E-state index is 0.596. The Kier molecular flexibility index (Phi) is 5.51. The van der Waals surface area contributed by atoms with Gasteiger partial charge in [-0.1, -0.05) is 0 Å². The van der Waals surface area contributed by atoms with Crippen molar-refractivity contribution in [1.29, 1.82) is 0 Å². The van der Waals surface area contributed by atoms with E-state index >= 15 is 0 Å². The second kappa shape index (κ2) is 7.60. The largest absolute Gasteiger partial charge is 0.377 e. The summed E-state index contributed by atoms with van der Waals surface area (Å²) in [6.07, 6.45) is 4.57. The van der Waals surface area contributed by atoms with Crippen LogP contribution in [0.3, 0.4) is 0 Å². The average molecular weight is 334 g/mol. The van der Waals surface area contributed by atoms with Crippen molar-refractivity contribution in [3.8, 4) is 0 Å². The molecule has 0 aromatic carbocycles. The maximum atomic E-state index is 5.28. The predicted molar refractivity (Wildman–Crippen MR) is 94.7 cm³/mol. The monoisotopic (exact) mass is 333 g/mol. The zero-order chi connectivity index (χ0) is 16.2. The predicted octanol–water partition coefficient (Wildman–Crippen LogP) is 3.62. The van der Waals surface area contributed by atoms with Gasteiger partial charge in [-0.05, 0) is 51.3 Å². The number of imidazole rings is 1. The molecule has 126 valence electrons. The summed E-state index contributed by atoms with van der Waals surface area (Å²) in [4.78, 5) is 10.00. The van der Waals surface area contributed by atoms with Crippen molar-refractivity contribution in [2.24, 2.45) is 5.92 Å². The van der Waals surface area contributed by atoms with Gasteiger partial charge in [0.1, 0.15) is 12.4 Å². The van der Waals surface area contributed by atoms with Gasteiger partial charge in [0.05, 0.1) is 0 Å². The molecule has 0 saturated carbocycles. The highest BCUT2D eigenvalue weighted by Gasteiger charge is 2.22. The van der Waals surface area contributed by atoms with E-state index in [4.69, 9.17) is 4.74 Å². The zero-order valence-corrected chi connectivity index (χ0v) is 15.2. The van der Waals surface area contributed by atoms with Gasteiger partial charge >= 0.3 is 0 Å². The van der Waals surface area contributed by atoms with E-state index in [9.17, 15) is 0 Å². The lowest BCUT2D eigenvalue weighted by atomic mass is 9.97. The van der Waals surface area contributed by atoms with Crippen LogP contribution >= 0.6 is 11.3 Å². The molecule has 3 rings (SSSR count). The van der Waals surface area contributed by atoms with Crippen molar-refractivity contribution in [1.82, 2.24) is 14.5 Å². The van der Waals surface area contributed by atoms with E-state index in [0.717, 1.165) is 18.9 Å². The number of nitrogens with zero attached hydrogens (tertiary/aromatic N) is 3. The summed E-state index contributed by atoms with van der Waals surface area (Å²) < 4.78 is 7.62. The molecule has 5 heteroatoms. The third-order valence-electron chi connectivity index (χ3n) is 4.63. The molecule has 23 heavy (non-hydrogen) atoms. The third-order valence-corrected chi connectivity index (χ3v) is 5.62. The second-order valence-corrected chi connectivity index (χ2v) is 7.99. The lowest BCUT2D eigenvalue weighted by Crippen LogP contribution is -2.36. The first-order valence-electron chi connectivity index (χ1n) is 8.43. The molecule has 4 nitrogen and oxygen atoms in total. The molecule has 0 N–H and O–H groups in total. The molecule has 1 aliphatic rings. The van der Waals surface area contributed by atoms with Gasteiger partial charge < -0.3 is 9.30 Å². The lowest BCUT2D eigenvalue weighted by Gasteiger charge is -2.33. The maximum absolute atomic E-state index is 5.28. The molecule has 0 radical (unpaired) electrons. The second-order valence-electron chi connectivity index (χ2n) is 6.62. The Morgan fingerprint density at radius 3 is 2.96 bits per heavy atom. The first-order valence-corrected chi connectivity index (χ1v) is 9.25. The minimum atomic E-state index is 0.596. The molecule has 0 bridgehead atoms. The quantitative estimate of drug-likeness (QED) is 0.809. The van der Waals surface area contributed by atoms with Gasteiger partial charge in [0, 0.05) is 48.4 Å². The van der Waals surface area contributed by atoms with Crippen molar-refractivity contribution in [3.05, 3.63) is 39.6 Å². The van der Waals surface area contributed by atoms with Gasteiger partial charge in [0.15, 0.2) is 0 Å². The van der Waals surface area contributed by atoms with Gasteiger partial charge in [-0.2, -0.15) is 0 Å². The normalized spacial score (nSPS) is 19.3. The van der Waals surface area contributed by atoms with E-state index in [2.05, 4.69) is 40.4 Å². The SMILES string of the molecule is COCc1ncc(C)n1CC1CCCN(Cc2ccc(C)s2)C1. The molecule has 2 aromatic heterocycles. The molecular formula is C18H27N3OS. The van der Waals surface area contributed by atoms with Crippen LogP contribution in [0.1, 0.15) is 34.1 Å². The first-order chi connectivity index (χ1) is 11.2. The summed E-state index contributed by atoms with van der Waals surface area (Å²) >= 11 is 1.93. The maximum Gasteiger partial charge on any atom is 0.134 e. The number of likely N-dealkylation sites (tertiary alicyclic amines) is 1. The number of rotatable bonds is 6. The summed E-state index contributed by atoms with van der Waals surface area (Å²) in [6, 6.07) is 4.51. The van der Waals surface area contributed by atoms with Gasteiger partial charge in [0.25, 0.3) is 0 Å². The van der Waals surface area contributed by atoms with Crippen LogP contribution in [-0.2, 0) is 24.4 Å². The molecule has 2 aromatic rings. The Hall–Kier alpha value is -1.17. The van der Waals surface area contributed by atoms with Crippen LogP contribution in [-0.4, -0.2) is 34.7 Å². The Labute approximate surface area is 143 Å². The summed E-state index contributed by atoms with van der Waals surface area (Å²) in [6.45, 7) is 9.49. The van der Waals surface area contributed by atoms with E-state index in [0.29, 0.717) is 12.5 Å². The summed E-state index contributed by atoms with van der Waals surface area (Å²) in [7, 11) is 1.74. The van der Waals surface area contributed by atoms with Crippen LogP contribution in [0, 0.1) is 19.8 Å². The fourth-order valence-electron chi connectivity index (χ4n) is 3.50. The van der Waals surface area contributed by atoms with Crippen molar-refractivity contribution in [3.63, 3.8) is 0 Å². The van der Waals surface area contributed by atoms with E-state index in [1.165, 1.54) is 41.4 Å². The topological polar surface area (TPSA) is 30.3 Å². The Balaban J connectivity index is 1.61. The Morgan fingerprint density at radius 2 is 2.22 bits per heavy atom. The van der Waals surface area contributed by atoms with Crippen LogP contribution in [0.5, 0.6) is 0 Å². The molecule has 1 fully saturated rings. The fraction of sp³-hybridized carbons (Fsp3) is 0.611. The highest BCUT2D eigenvalue weighted by molar-refractivity contribution is 7.11.